The molecule has 1 fully saturated rings. The largest absolute Gasteiger partial charge is 0.338 e. The van der Waals surface area contributed by atoms with Gasteiger partial charge in [-0.1, -0.05) is 23.7 Å². The Morgan fingerprint density at radius 2 is 1.93 bits per heavy atom. The van der Waals surface area contributed by atoms with Gasteiger partial charge in [-0.2, -0.15) is 0 Å². The molecule has 4 aromatic rings. The van der Waals surface area contributed by atoms with E-state index < -0.39 is 0 Å². The fourth-order valence-electron chi connectivity index (χ4n) is 3.85. The van der Waals surface area contributed by atoms with Crippen LogP contribution in [0.4, 0.5) is 0 Å². The van der Waals surface area contributed by atoms with E-state index in [1.807, 2.05) is 36.4 Å². The lowest BCUT2D eigenvalue weighted by atomic mass is 10.0. The van der Waals surface area contributed by atoms with E-state index >= 15 is 0 Å². The highest BCUT2D eigenvalue weighted by Gasteiger charge is 2.32. The molecule has 1 unspecified atom stereocenters. The van der Waals surface area contributed by atoms with E-state index in [0.717, 1.165) is 16.8 Å². The third kappa shape index (κ3) is 3.48. The Morgan fingerprint density at radius 1 is 1.10 bits per heavy atom. The van der Waals surface area contributed by atoms with Crippen LogP contribution in [0.25, 0.3) is 16.9 Å². The van der Waals surface area contributed by atoms with E-state index in [4.69, 9.17) is 11.6 Å². The van der Waals surface area contributed by atoms with Gasteiger partial charge < -0.3 is 4.90 Å². The molecule has 0 saturated carbocycles. The second-order valence-electron chi connectivity index (χ2n) is 7.42. The first kappa shape index (κ1) is 18.6. The van der Waals surface area contributed by atoms with Crippen LogP contribution in [0.3, 0.4) is 0 Å². The number of benzene rings is 1. The van der Waals surface area contributed by atoms with Crippen LogP contribution in [-0.2, 0) is 11.3 Å². The molecule has 1 N–H and O–H groups in total. The number of fused-ring (bicyclic) bond motifs is 1. The third-order valence-corrected chi connectivity index (χ3v) is 5.60. The molecule has 1 amide bonds. The van der Waals surface area contributed by atoms with Crippen LogP contribution in [-0.4, -0.2) is 36.9 Å². The van der Waals surface area contributed by atoms with Crippen LogP contribution < -0.4 is 5.56 Å². The highest BCUT2D eigenvalue weighted by molar-refractivity contribution is 6.30. The zero-order valence-electron chi connectivity index (χ0n) is 16.0. The van der Waals surface area contributed by atoms with Gasteiger partial charge in [-0.3, -0.25) is 19.7 Å². The number of carbonyl (C=O) groups excluding carboxylic acids is 1. The molecule has 0 aliphatic carbocycles. The summed E-state index contributed by atoms with van der Waals surface area (Å²) >= 11 is 6.08. The Balaban J connectivity index is 1.44. The molecule has 4 heterocycles. The lowest BCUT2D eigenvalue weighted by Crippen LogP contribution is -2.24. The molecule has 1 aliphatic heterocycles. The molecule has 8 heteroatoms. The van der Waals surface area contributed by atoms with Crippen molar-refractivity contribution in [3.05, 3.63) is 87.6 Å². The molecule has 30 heavy (non-hydrogen) atoms. The van der Waals surface area contributed by atoms with E-state index in [2.05, 4.69) is 15.1 Å². The predicted octanol–water partition coefficient (Wildman–Crippen LogP) is 3.25. The normalized spacial score (nSPS) is 16.5. The second kappa shape index (κ2) is 7.42. The summed E-state index contributed by atoms with van der Waals surface area (Å²) in [5.41, 5.74) is 3.60. The Labute approximate surface area is 176 Å². The van der Waals surface area contributed by atoms with Gasteiger partial charge in [-0.05, 0) is 29.8 Å². The fourth-order valence-corrected chi connectivity index (χ4v) is 4.04. The number of nitrogens with zero attached hydrogens (tertiary/aromatic N) is 4. The van der Waals surface area contributed by atoms with Gasteiger partial charge in [0, 0.05) is 60.5 Å². The SMILES string of the molecule is O=C1CC(c2cc(=O)n3[nH]c(-c4cccc(Cl)c4)cc3n2)CN1Cc1ccncc1. The molecule has 1 atom stereocenters. The van der Waals surface area contributed by atoms with Crippen molar-refractivity contribution in [2.75, 3.05) is 6.54 Å². The maximum atomic E-state index is 12.7. The van der Waals surface area contributed by atoms with Crippen molar-refractivity contribution in [3.8, 4) is 11.3 Å². The van der Waals surface area contributed by atoms with Gasteiger partial charge in [-0.15, -0.1) is 0 Å². The van der Waals surface area contributed by atoms with Crippen LogP contribution in [0.2, 0.25) is 5.02 Å². The summed E-state index contributed by atoms with van der Waals surface area (Å²) in [7, 11) is 0. The molecule has 1 saturated heterocycles. The minimum atomic E-state index is -0.205. The Hall–Kier alpha value is -3.45. The second-order valence-corrected chi connectivity index (χ2v) is 7.86. The maximum absolute atomic E-state index is 12.7. The third-order valence-electron chi connectivity index (χ3n) is 5.36. The van der Waals surface area contributed by atoms with Crippen LogP contribution in [0, 0.1) is 0 Å². The minimum absolute atomic E-state index is 0.0625. The van der Waals surface area contributed by atoms with Gasteiger partial charge in [0.2, 0.25) is 5.91 Å². The number of likely N-dealkylation sites (tertiary alicyclic amines) is 1. The molecule has 5 rings (SSSR count). The number of halogens is 1. The average molecular weight is 420 g/mol. The Kier molecular flexibility index (Phi) is 4.59. The van der Waals surface area contributed by atoms with Crippen LogP contribution in [0.5, 0.6) is 0 Å². The molecular weight excluding hydrogens is 402 g/mol. The molecule has 0 bridgehead atoms. The minimum Gasteiger partial charge on any atom is -0.338 e. The number of nitrogens with one attached hydrogen (secondary N) is 1. The maximum Gasteiger partial charge on any atom is 0.272 e. The number of pyridine rings is 1. The zero-order valence-corrected chi connectivity index (χ0v) is 16.7. The Bertz CT molecular complexity index is 1300. The summed E-state index contributed by atoms with van der Waals surface area (Å²) in [6, 6.07) is 14.5. The smallest absolute Gasteiger partial charge is 0.272 e. The van der Waals surface area contributed by atoms with Crippen molar-refractivity contribution in [2.45, 2.75) is 18.9 Å². The first-order valence-electron chi connectivity index (χ1n) is 9.62. The van der Waals surface area contributed by atoms with Crippen molar-refractivity contribution < 1.29 is 4.79 Å². The summed E-state index contributed by atoms with van der Waals surface area (Å²) < 4.78 is 1.41. The van der Waals surface area contributed by atoms with E-state index in [0.29, 0.717) is 35.9 Å². The molecule has 1 aliphatic rings. The van der Waals surface area contributed by atoms with Crippen LogP contribution >= 0.6 is 11.6 Å². The number of rotatable bonds is 4. The highest BCUT2D eigenvalue weighted by atomic mass is 35.5. The number of carbonyl (C=O) groups is 1. The standard InChI is InChI=1S/C22H18ClN5O2/c23-17-3-1-2-15(8-17)19-10-20-25-18(11-22(30)28(20)26-19)16-9-21(29)27(13-16)12-14-4-6-24-7-5-14/h1-8,10-11,16,26H,9,12-13H2. The van der Waals surface area contributed by atoms with Crippen molar-refractivity contribution in [1.29, 1.82) is 0 Å². The topological polar surface area (TPSA) is 83.4 Å². The van der Waals surface area contributed by atoms with Crippen molar-refractivity contribution in [2.24, 2.45) is 0 Å². The molecule has 1 aromatic carbocycles. The number of hydrogen-bond acceptors (Lipinski definition) is 4. The summed E-state index contributed by atoms with van der Waals surface area (Å²) in [6.07, 6.45) is 3.78. The van der Waals surface area contributed by atoms with Gasteiger partial charge in [-0.25, -0.2) is 9.50 Å². The number of aromatic amines is 1. The highest BCUT2D eigenvalue weighted by Crippen LogP contribution is 2.28. The van der Waals surface area contributed by atoms with E-state index in [9.17, 15) is 9.59 Å². The predicted molar refractivity (Wildman–Crippen MR) is 113 cm³/mol. The summed E-state index contributed by atoms with van der Waals surface area (Å²) in [6.45, 7) is 1.07. The molecular formula is C22H18ClN5O2. The average Bonchev–Trinajstić information content (AvgIpc) is 3.33. The van der Waals surface area contributed by atoms with E-state index in [1.54, 1.807) is 23.4 Å². The first-order chi connectivity index (χ1) is 14.6. The van der Waals surface area contributed by atoms with Gasteiger partial charge in [0.1, 0.15) is 0 Å². The monoisotopic (exact) mass is 419 g/mol. The van der Waals surface area contributed by atoms with E-state index in [-0.39, 0.29) is 17.4 Å². The molecule has 150 valence electrons. The lowest BCUT2D eigenvalue weighted by Gasteiger charge is -2.16. The molecule has 0 spiro atoms. The summed E-state index contributed by atoms with van der Waals surface area (Å²) in [5.74, 6) is -0.0472. The number of amides is 1. The van der Waals surface area contributed by atoms with Gasteiger partial charge in [0.05, 0.1) is 11.4 Å². The molecule has 3 aromatic heterocycles. The van der Waals surface area contributed by atoms with Crippen molar-refractivity contribution in [1.82, 2.24) is 24.5 Å². The molecule has 0 radical (unpaired) electrons. The summed E-state index contributed by atoms with van der Waals surface area (Å²) in [5, 5.41) is 3.69. The quantitative estimate of drug-likeness (QED) is 0.550. The van der Waals surface area contributed by atoms with Gasteiger partial charge in [0.25, 0.3) is 5.56 Å². The van der Waals surface area contributed by atoms with Gasteiger partial charge in [0.15, 0.2) is 5.65 Å². The first-order valence-corrected chi connectivity index (χ1v) is 10.00. The van der Waals surface area contributed by atoms with Crippen LogP contribution in [0.15, 0.2) is 65.7 Å². The van der Waals surface area contributed by atoms with Gasteiger partial charge >= 0.3 is 0 Å². The van der Waals surface area contributed by atoms with Crippen molar-refractivity contribution >= 4 is 23.2 Å². The van der Waals surface area contributed by atoms with Crippen molar-refractivity contribution in [3.63, 3.8) is 0 Å². The summed E-state index contributed by atoms with van der Waals surface area (Å²) in [4.78, 5) is 35.7. The fraction of sp³-hybridized carbons (Fsp3) is 0.182. The number of H-pyrrole nitrogens is 1. The molecule has 7 nitrogen and oxygen atoms in total. The number of hydrogen-bond donors (Lipinski definition) is 1. The van der Waals surface area contributed by atoms with E-state index in [1.165, 1.54) is 10.6 Å². The lowest BCUT2D eigenvalue weighted by molar-refractivity contribution is -0.128. The zero-order chi connectivity index (χ0) is 20.7. The Morgan fingerprint density at radius 3 is 2.73 bits per heavy atom. The number of aromatic nitrogens is 4. The van der Waals surface area contributed by atoms with Crippen LogP contribution in [0.1, 0.15) is 23.6 Å².